The van der Waals surface area contributed by atoms with Crippen LogP contribution in [-0.4, -0.2) is 57.0 Å². The third-order valence-corrected chi connectivity index (χ3v) is 3.30. The Hall–Kier alpha value is -0.170. The van der Waals surface area contributed by atoms with Crippen molar-refractivity contribution in [1.29, 1.82) is 0 Å². The van der Waals surface area contributed by atoms with Crippen molar-refractivity contribution in [1.82, 2.24) is 9.62 Å². The summed E-state index contributed by atoms with van der Waals surface area (Å²) in [5.41, 5.74) is 0. The molecule has 1 heterocycles. The van der Waals surface area contributed by atoms with Gasteiger partial charge in [-0.1, -0.05) is 0 Å². The first kappa shape index (κ1) is 12.9. The molecule has 0 aromatic heterocycles. The van der Waals surface area contributed by atoms with Crippen LogP contribution >= 0.6 is 0 Å². The topological polar surface area (TPSA) is 69.6 Å². The van der Waals surface area contributed by atoms with Gasteiger partial charge in [0.05, 0.1) is 12.4 Å². The van der Waals surface area contributed by atoms with E-state index in [0.717, 1.165) is 38.9 Å². The molecule has 0 radical (unpaired) electrons. The molecule has 1 aliphatic heterocycles. The Labute approximate surface area is 91.5 Å². The van der Waals surface area contributed by atoms with E-state index in [-0.39, 0.29) is 6.10 Å². The van der Waals surface area contributed by atoms with Gasteiger partial charge in [-0.3, -0.25) is 0 Å². The average Bonchev–Trinajstić information content (AvgIpc) is 2.14. The van der Waals surface area contributed by atoms with Gasteiger partial charge in [0.1, 0.15) is 0 Å². The third-order valence-electron chi connectivity index (χ3n) is 2.57. The Balaban J connectivity index is 2.06. The van der Waals surface area contributed by atoms with Crippen molar-refractivity contribution in [3.05, 3.63) is 0 Å². The maximum Gasteiger partial charge on any atom is 0.208 e. The van der Waals surface area contributed by atoms with Gasteiger partial charge in [-0.15, -0.1) is 0 Å². The molecular weight excluding hydrogens is 216 g/mol. The van der Waals surface area contributed by atoms with Crippen molar-refractivity contribution in [2.24, 2.45) is 0 Å². The standard InChI is InChI=1S/C9H20N2O3S/c1-15(13,14)10-5-2-6-11-7-3-9(12)4-8-11/h9-10,12H,2-8H2,1H3. The van der Waals surface area contributed by atoms with E-state index in [0.29, 0.717) is 6.54 Å². The van der Waals surface area contributed by atoms with E-state index in [1.807, 2.05) is 0 Å². The summed E-state index contributed by atoms with van der Waals surface area (Å²) in [5.74, 6) is 0. The summed E-state index contributed by atoms with van der Waals surface area (Å²) in [5, 5.41) is 9.29. The Morgan fingerprint density at radius 2 is 2.00 bits per heavy atom. The lowest BCUT2D eigenvalue weighted by Crippen LogP contribution is -2.37. The SMILES string of the molecule is CS(=O)(=O)NCCCN1CCC(O)CC1. The fraction of sp³-hybridized carbons (Fsp3) is 1.00. The van der Waals surface area contributed by atoms with Crippen molar-refractivity contribution >= 4 is 10.0 Å². The van der Waals surface area contributed by atoms with Crippen molar-refractivity contribution in [2.45, 2.75) is 25.4 Å². The van der Waals surface area contributed by atoms with Gasteiger partial charge < -0.3 is 10.0 Å². The summed E-state index contributed by atoms with van der Waals surface area (Å²) in [4.78, 5) is 2.26. The lowest BCUT2D eigenvalue weighted by molar-refractivity contribution is 0.0823. The third kappa shape index (κ3) is 6.09. The number of piperidine rings is 1. The highest BCUT2D eigenvalue weighted by molar-refractivity contribution is 7.88. The van der Waals surface area contributed by atoms with Crippen LogP contribution in [0, 0.1) is 0 Å². The molecular formula is C9H20N2O3S. The molecule has 0 atom stereocenters. The highest BCUT2D eigenvalue weighted by atomic mass is 32.2. The van der Waals surface area contributed by atoms with E-state index in [1.165, 1.54) is 6.26 Å². The number of sulfonamides is 1. The minimum Gasteiger partial charge on any atom is -0.393 e. The number of nitrogens with zero attached hydrogens (tertiary/aromatic N) is 1. The minimum atomic E-state index is -3.04. The molecule has 15 heavy (non-hydrogen) atoms. The Kier molecular flexibility index (Phi) is 4.98. The van der Waals surface area contributed by atoms with Gasteiger partial charge in [-0.25, -0.2) is 13.1 Å². The van der Waals surface area contributed by atoms with Crippen LogP contribution in [0.4, 0.5) is 0 Å². The van der Waals surface area contributed by atoms with E-state index < -0.39 is 10.0 Å². The molecule has 1 aliphatic rings. The fourth-order valence-electron chi connectivity index (χ4n) is 1.70. The second-order valence-electron chi connectivity index (χ2n) is 4.09. The zero-order valence-electron chi connectivity index (χ0n) is 9.15. The van der Waals surface area contributed by atoms with E-state index in [9.17, 15) is 13.5 Å². The summed E-state index contributed by atoms with van der Waals surface area (Å²) in [7, 11) is -3.04. The quantitative estimate of drug-likeness (QED) is 0.624. The van der Waals surface area contributed by atoms with Gasteiger partial charge in [-0.2, -0.15) is 0 Å². The number of aliphatic hydroxyl groups excluding tert-OH is 1. The molecule has 1 fully saturated rings. The van der Waals surface area contributed by atoms with Crippen LogP contribution in [0.15, 0.2) is 0 Å². The van der Waals surface area contributed by atoms with Crippen LogP contribution in [0.2, 0.25) is 0 Å². The molecule has 1 saturated heterocycles. The normalized spacial score (nSPS) is 20.7. The molecule has 0 aromatic rings. The maximum absolute atomic E-state index is 10.8. The van der Waals surface area contributed by atoms with Crippen LogP contribution in [0.1, 0.15) is 19.3 Å². The molecule has 1 rings (SSSR count). The summed E-state index contributed by atoms with van der Waals surface area (Å²) in [6.45, 7) is 3.23. The van der Waals surface area contributed by atoms with Gasteiger partial charge in [0.15, 0.2) is 0 Å². The molecule has 0 spiro atoms. The highest BCUT2D eigenvalue weighted by Crippen LogP contribution is 2.09. The lowest BCUT2D eigenvalue weighted by Gasteiger charge is -2.29. The molecule has 6 heteroatoms. The molecule has 90 valence electrons. The number of rotatable bonds is 5. The van der Waals surface area contributed by atoms with Crippen molar-refractivity contribution in [2.75, 3.05) is 32.4 Å². The first-order chi connectivity index (χ1) is 6.97. The van der Waals surface area contributed by atoms with Gasteiger partial charge in [0.2, 0.25) is 10.0 Å². The van der Waals surface area contributed by atoms with Gasteiger partial charge >= 0.3 is 0 Å². The number of aliphatic hydroxyl groups is 1. The average molecular weight is 236 g/mol. The largest absolute Gasteiger partial charge is 0.393 e. The van der Waals surface area contributed by atoms with E-state index in [4.69, 9.17) is 0 Å². The molecule has 0 aromatic carbocycles. The van der Waals surface area contributed by atoms with Crippen LogP contribution in [0.25, 0.3) is 0 Å². The highest BCUT2D eigenvalue weighted by Gasteiger charge is 2.16. The molecule has 2 N–H and O–H groups in total. The van der Waals surface area contributed by atoms with Crippen LogP contribution in [0.3, 0.4) is 0 Å². The van der Waals surface area contributed by atoms with Crippen molar-refractivity contribution in [3.8, 4) is 0 Å². The molecule has 0 aliphatic carbocycles. The summed E-state index contributed by atoms with van der Waals surface area (Å²) in [6, 6.07) is 0. The fourth-order valence-corrected chi connectivity index (χ4v) is 2.22. The van der Waals surface area contributed by atoms with E-state index >= 15 is 0 Å². The predicted molar refractivity (Wildman–Crippen MR) is 59.1 cm³/mol. The number of likely N-dealkylation sites (tertiary alicyclic amines) is 1. The lowest BCUT2D eigenvalue weighted by atomic mass is 10.1. The molecule has 0 unspecified atom stereocenters. The zero-order valence-corrected chi connectivity index (χ0v) is 9.96. The zero-order chi connectivity index (χ0) is 11.3. The van der Waals surface area contributed by atoms with Crippen LogP contribution in [-0.2, 0) is 10.0 Å². The first-order valence-electron chi connectivity index (χ1n) is 5.32. The Morgan fingerprint density at radius 1 is 1.40 bits per heavy atom. The molecule has 0 bridgehead atoms. The predicted octanol–water partition coefficient (Wildman–Crippen LogP) is -0.618. The molecule has 0 amide bonds. The number of nitrogens with one attached hydrogen (secondary N) is 1. The summed E-state index contributed by atoms with van der Waals surface area (Å²) in [6.07, 6.45) is 3.52. The minimum absolute atomic E-state index is 0.143. The monoisotopic (exact) mass is 236 g/mol. The summed E-state index contributed by atoms with van der Waals surface area (Å²) < 4.78 is 24.0. The van der Waals surface area contributed by atoms with Gasteiger partial charge in [0, 0.05) is 19.6 Å². The second kappa shape index (κ2) is 5.79. The molecule has 5 nitrogen and oxygen atoms in total. The van der Waals surface area contributed by atoms with Crippen LogP contribution in [0.5, 0.6) is 0 Å². The van der Waals surface area contributed by atoms with Gasteiger partial charge in [-0.05, 0) is 25.8 Å². The Bertz CT molecular complexity index is 271. The summed E-state index contributed by atoms with van der Waals surface area (Å²) >= 11 is 0. The molecule has 0 saturated carbocycles. The van der Waals surface area contributed by atoms with Crippen molar-refractivity contribution < 1.29 is 13.5 Å². The smallest absolute Gasteiger partial charge is 0.208 e. The first-order valence-corrected chi connectivity index (χ1v) is 7.21. The van der Waals surface area contributed by atoms with Gasteiger partial charge in [0.25, 0.3) is 0 Å². The number of hydrogen-bond acceptors (Lipinski definition) is 4. The maximum atomic E-state index is 10.8. The van der Waals surface area contributed by atoms with E-state index in [2.05, 4.69) is 9.62 Å². The van der Waals surface area contributed by atoms with Crippen molar-refractivity contribution in [3.63, 3.8) is 0 Å². The van der Waals surface area contributed by atoms with Crippen LogP contribution < -0.4 is 4.72 Å². The van der Waals surface area contributed by atoms with E-state index in [1.54, 1.807) is 0 Å². The second-order valence-corrected chi connectivity index (χ2v) is 5.93. The number of hydrogen-bond donors (Lipinski definition) is 2. The Morgan fingerprint density at radius 3 is 2.53 bits per heavy atom.